The first-order valence-electron chi connectivity index (χ1n) is 8.26. The summed E-state index contributed by atoms with van der Waals surface area (Å²) in [7, 11) is 0. The van der Waals surface area contributed by atoms with Gasteiger partial charge in [0.05, 0.1) is 11.5 Å². The summed E-state index contributed by atoms with van der Waals surface area (Å²) in [6, 6.07) is 12.1. The molecule has 1 aromatic carbocycles. The van der Waals surface area contributed by atoms with Crippen LogP contribution in [0, 0.1) is 19.8 Å². The number of rotatable bonds is 4. The van der Waals surface area contributed by atoms with Gasteiger partial charge in [-0.25, -0.2) is 0 Å². The molecule has 0 aliphatic carbocycles. The molecule has 2 amide bonds. The third kappa shape index (κ3) is 3.07. The minimum absolute atomic E-state index is 0.00818. The Kier molecular flexibility index (Phi) is 4.42. The van der Waals surface area contributed by atoms with E-state index in [1.54, 1.807) is 4.90 Å². The van der Waals surface area contributed by atoms with Crippen LogP contribution in [0.15, 0.2) is 36.4 Å². The highest BCUT2D eigenvalue weighted by Gasteiger charge is 2.31. The van der Waals surface area contributed by atoms with Gasteiger partial charge in [-0.15, -0.1) is 0 Å². The van der Waals surface area contributed by atoms with Gasteiger partial charge in [0.1, 0.15) is 0 Å². The average Bonchev–Trinajstić information content (AvgIpc) is 3.16. The molecular weight excluding hydrogens is 302 g/mol. The Bertz CT molecular complexity index is 764. The number of hydrogen-bond donors (Lipinski definition) is 1. The van der Waals surface area contributed by atoms with Gasteiger partial charge in [-0.1, -0.05) is 30.3 Å². The van der Waals surface area contributed by atoms with Gasteiger partial charge in [0.2, 0.25) is 5.91 Å². The van der Waals surface area contributed by atoms with Crippen LogP contribution in [0.3, 0.4) is 0 Å². The van der Waals surface area contributed by atoms with E-state index in [2.05, 4.69) is 16.7 Å². The number of aromatic nitrogens is 1. The van der Waals surface area contributed by atoms with E-state index < -0.39 is 0 Å². The minimum Gasteiger partial charge on any atom is -0.369 e. The summed E-state index contributed by atoms with van der Waals surface area (Å²) < 4.78 is 2.16. The SMILES string of the molecule is Cc1cc(C(=O)N2CCC(C(N)=O)C2)c(C)n1Cc1ccccc1. The Morgan fingerprint density at radius 3 is 2.54 bits per heavy atom. The van der Waals surface area contributed by atoms with Gasteiger partial charge < -0.3 is 15.2 Å². The van der Waals surface area contributed by atoms with E-state index in [0.29, 0.717) is 25.1 Å². The topological polar surface area (TPSA) is 68.3 Å². The minimum atomic E-state index is -0.320. The van der Waals surface area contributed by atoms with Crippen molar-refractivity contribution in [2.24, 2.45) is 11.7 Å². The highest BCUT2D eigenvalue weighted by molar-refractivity contribution is 5.96. The van der Waals surface area contributed by atoms with E-state index in [-0.39, 0.29) is 17.7 Å². The van der Waals surface area contributed by atoms with Crippen molar-refractivity contribution in [2.45, 2.75) is 26.8 Å². The second-order valence-electron chi connectivity index (χ2n) is 6.50. The van der Waals surface area contributed by atoms with Crippen LogP contribution in [0.25, 0.3) is 0 Å². The van der Waals surface area contributed by atoms with Crippen molar-refractivity contribution in [3.8, 4) is 0 Å². The zero-order valence-corrected chi connectivity index (χ0v) is 14.2. The van der Waals surface area contributed by atoms with Gasteiger partial charge in [0.15, 0.2) is 0 Å². The molecule has 2 aromatic rings. The molecule has 5 nitrogen and oxygen atoms in total. The molecule has 0 spiro atoms. The van der Waals surface area contributed by atoms with Crippen LogP contribution in [0.4, 0.5) is 0 Å². The van der Waals surface area contributed by atoms with E-state index in [1.165, 1.54) is 5.56 Å². The first kappa shape index (κ1) is 16.3. The Labute approximate surface area is 142 Å². The number of aryl methyl sites for hydroxylation is 1. The van der Waals surface area contributed by atoms with Gasteiger partial charge >= 0.3 is 0 Å². The Hall–Kier alpha value is -2.56. The first-order chi connectivity index (χ1) is 11.5. The van der Waals surface area contributed by atoms with Gasteiger partial charge in [-0.3, -0.25) is 9.59 Å². The maximum Gasteiger partial charge on any atom is 0.255 e. The molecule has 1 saturated heterocycles. The monoisotopic (exact) mass is 325 g/mol. The fourth-order valence-electron chi connectivity index (χ4n) is 3.37. The van der Waals surface area contributed by atoms with Crippen LogP contribution in [0.1, 0.15) is 33.7 Å². The second-order valence-corrected chi connectivity index (χ2v) is 6.50. The lowest BCUT2D eigenvalue weighted by Crippen LogP contribution is -2.32. The third-order valence-electron chi connectivity index (χ3n) is 4.87. The van der Waals surface area contributed by atoms with E-state index in [4.69, 9.17) is 5.73 Å². The van der Waals surface area contributed by atoms with E-state index in [0.717, 1.165) is 17.9 Å². The molecule has 24 heavy (non-hydrogen) atoms. The second kappa shape index (κ2) is 6.51. The number of likely N-dealkylation sites (tertiary alicyclic amines) is 1. The molecule has 1 aliphatic rings. The number of nitrogens with zero attached hydrogens (tertiary/aromatic N) is 2. The zero-order chi connectivity index (χ0) is 17.3. The largest absolute Gasteiger partial charge is 0.369 e. The molecule has 126 valence electrons. The Morgan fingerprint density at radius 2 is 1.92 bits per heavy atom. The highest BCUT2D eigenvalue weighted by atomic mass is 16.2. The van der Waals surface area contributed by atoms with E-state index in [1.807, 2.05) is 38.1 Å². The number of carbonyl (C=O) groups is 2. The van der Waals surface area contributed by atoms with Crippen LogP contribution < -0.4 is 5.73 Å². The number of hydrogen-bond acceptors (Lipinski definition) is 2. The molecule has 0 saturated carbocycles. The Morgan fingerprint density at radius 1 is 1.21 bits per heavy atom. The fraction of sp³-hybridized carbons (Fsp3) is 0.368. The molecule has 1 aliphatic heterocycles. The van der Waals surface area contributed by atoms with Gasteiger partial charge in [0, 0.05) is 31.0 Å². The molecule has 1 unspecified atom stereocenters. The van der Waals surface area contributed by atoms with Crippen molar-refractivity contribution in [1.29, 1.82) is 0 Å². The smallest absolute Gasteiger partial charge is 0.255 e. The number of carbonyl (C=O) groups excluding carboxylic acids is 2. The molecule has 0 radical (unpaired) electrons. The molecular formula is C19H23N3O2. The maximum absolute atomic E-state index is 12.8. The van der Waals surface area contributed by atoms with Crippen LogP contribution in [0.2, 0.25) is 0 Å². The lowest BCUT2D eigenvalue weighted by Gasteiger charge is -2.16. The summed E-state index contributed by atoms with van der Waals surface area (Å²) in [5, 5.41) is 0. The van der Waals surface area contributed by atoms with Gasteiger partial charge in [0.25, 0.3) is 5.91 Å². The van der Waals surface area contributed by atoms with Crippen LogP contribution >= 0.6 is 0 Å². The summed E-state index contributed by atoms with van der Waals surface area (Å²) in [4.78, 5) is 25.9. The Balaban J connectivity index is 1.81. The summed E-state index contributed by atoms with van der Waals surface area (Å²) in [5.41, 5.74) is 9.30. The van der Waals surface area contributed by atoms with Crippen molar-refractivity contribution in [3.63, 3.8) is 0 Å². The van der Waals surface area contributed by atoms with Crippen molar-refractivity contribution < 1.29 is 9.59 Å². The quantitative estimate of drug-likeness (QED) is 0.935. The number of primary amides is 1. The first-order valence-corrected chi connectivity index (χ1v) is 8.26. The van der Waals surface area contributed by atoms with Crippen LogP contribution in [-0.2, 0) is 11.3 Å². The lowest BCUT2D eigenvalue weighted by molar-refractivity contribution is -0.121. The predicted octanol–water partition coefficient (Wildman–Crippen LogP) is 2.10. The number of amides is 2. The summed E-state index contributed by atoms with van der Waals surface area (Å²) in [6.07, 6.45) is 0.657. The molecule has 3 rings (SSSR count). The maximum atomic E-state index is 12.8. The molecule has 1 aromatic heterocycles. The molecule has 2 heterocycles. The normalized spacial score (nSPS) is 17.2. The third-order valence-corrected chi connectivity index (χ3v) is 4.87. The summed E-state index contributed by atoms with van der Waals surface area (Å²) in [5.74, 6) is -0.548. The molecule has 5 heteroatoms. The summed E-state index contributed by atoms with van der Waals surface area (Å²) in [6.45, 7) is 5.76. The number of nitrogens with two attached hydrogens (primary N) is 1. The highest BCUT2D eigenvalue weighted by Crippen LogP contribution is 2.23. The van der Waals surface area contributed by atoms with Crippen molar-refractivity contribution in [2.75, 3.05) is 13.1 Å². The van der Waals surface area contributed by atoms with Crippen molar-refractivity contribution in [1.82, 2.24) is 9.47 Å². The predicted molar refractivity (Wildman–Crippen MR) is 92.7 cm³/mol. The summed E-state index contributed by atoms with van der Waals surface area (Å²) >= 11 is 0. The van der Waals surface area contributed by atoms with Crippen molar-refractivity contribution >= 4 is 11.8 Å². The fourth-order valence-corrected chi connectivity index (χ4v) is 3.37. The molecule has 2 N–H and O–H groups in total. The van der Waals surface area contributed by atoms with Crippen LogP contribution in [-0.4, -0.2) is 34.4 Å². The number of benzene rings is 1. The van der Waals surface area contributed by atoms with Gasteiger partial charge in [-0.05, 0) is 31.9 Å². The molecule has 1 fully saturated rings. The zero-order valence-electron chi connectivity index (χ0n) is 14.2. The molecule has 1 atom stereocenters. The lowest BCUT2D eigenvalue weighted by atomic mass is 10.1. The van der Waals surface area contributed by atoms with Crippen LogP contribution in [0.5, 0.6) is 0 Å². The van der Waals surface area contributed by atoms with E-state index in [9.17, 15) is 9.59 Å². The molecule has 0 bridgehead atoms. The standard InChI is InChI=1S/C19H23N3O2/c1-13-10-17(19(24)21-9-8-16(12-21)18(20)23)14(2)22(13)11-15-6-4-3-5-7-15/h3-7,10,16H,8-9,11-12H2,1-2H3,(H2,20,23). The van der Waals surface area contributed by atoms with E-state index >= 15 is 0 Å². The average molecular weight is 325 g/mol. The van der Waals surface area contributed by atoms with Crippen molar-refractivity contribution in [3.05, 3.63) is 58.9 Å². The van der Waals surface area contributed by atoms with Gasteiger partial charge in [-0.2, -0.15) is 0 Å².